The fourth-order valence-electron chi connectivity index (χ4n) is 2.05. The standard InChI is InChI=1S/C15H20FN5/c1-3-13-19-14(10(2)15(20-13)21-17)18-8-7-11-5-4-6-12(16)9-11/h4-6,9H,3,7-8,17H2,1-2H3,(H2,18,19,20,21). The Morgan fingerprint density at radius 2 is 2.00 bits per heavy atom. The summed E-state index contributed by atoms with van der Waals surface area (Å²) in [6.07, 6.45) is 1.45. The van der Waals surface area contributed by atoms with Gasteiger partial charge in [-0.15, -0.1) is 0 Å². The summed E-state index contributed by atoms with van der Waals surface area (Å²) in [7, 11) is 0. The number of aromatic nitrogens is 2. The maximum absolute atomic E-state index is 13.1. The molecule has 0 unspecified atom stereocenters. The van der Waals surface area contributed by atoms with E-state index < -0.39 is 0 Å². The van der Waals surface area contributed by atoms with Crippen LogP contribution in [-0.4, -0.2) is 16.5 Å². The molecule has 2 aromatic rings. The highest BCUT2D eigenvalue weighted by atomic mass is 19.1. The summed E-state index contributed by atoms with van der Waals surface area (Å²) in [5.74, 6) is 7.36. The lowest BCUT2D eigenvalue weighted by Crippen LogP contribution is -2.15. The van der Waals surface area contributed by atoms with Gasteiger partial charge in [0.1, 0.15) is 23.3 Å². The van der Waals surface area contributed by atoms with E-state index in [0.29, 0.717) is 18.8 Å². The van der Waals surface area contributed by atoms with Crippen molar-refractivity contribution in [3.05, 3.63) is 47.0 Å². The summed E-state index contributed by atoms with van der Waals surface area (Å²) in [5.41, 5.74) is 4.40. The van der Waals surface area contributed by atoms with Gasteiger partial charge < -0.3 is 10.7 Å². The summed E-state index contributed by atoms with van der Waals surface area (Å²) >= 11 is 0. The highest BCUT2D eigenvalue weighted by Gasteiger charge is 2.09. The molecular weight excluding hydrogens is 269 g/mol. The van der Waals surface area contributed by atoms with Crippen molar-refractivity contribution in [2.24, 2.45) is 5.84 Å². The summed E-state index contributed by atoms with van der Waals surface area (Å²) in [6.45, 7) is 4.55. The van der Waals surface area contributed by atoms with Gasteiger partial charge in [-0.3, -0.25) is 0 Å². The molecule has 6 heteroatoms. The number of hydrogen-bond acceptors (Lipinski definition) is 5. The van der Waals surface area contributed by atoms with E-state index in [0.717, 1.165) is 29.2 Å². The SMILES string of the molecule is CCc1nc(NN)c(C)c(NCCc2cccc(F)c2)n1. The van der Waals surface area contributed by atoms with Gasteiger partial charge in [0.2, 0.25) is 0 Å². The first-order valence-corrected chi connectivity index (χ1v) is 6.96. The molecule has 2 rings (SSSR count). The molecule has 0 fully saturated rings. The number of anilines is 2. The zero-order valence-electron chi connectivity index (χ0n) is 12.3. The molecule has 0 spiro atoms. The average Bonchev–Trinajstić information content (AvgIpc) is 2.49. The number of nitrogens with zero attached hydrogens (tertiary/aromatic N) is 2. The summed E-state index contributed by atoms with van der Waals surface area (Å²) < 4.78 is 13.1. The highest BCUT2D eigenvalue weighted by Crippen LogP contribution is 2.19. The molecule has 0 aliphatic heterocycles. The minimum absolute atomic E-state index is 0.214. The second kappa shape index (κ2) is 6.99. The molecule has 1 heterocycles. The molecule has 112 valence electrons. The first kappa shape index (κ1) is 15.2. The molecule has 0 saturated carbocycles. The van der Waals surface area contributed by atoms with E-state index in [4.69, 9.17) is 5.84 Å². The van der Waals surface area contributed by atoms with Crippen molar-refractivity contribution in [3.63, 3.8) is 0 Å². The maximum Gasteiger partial charge on any atom is 0.148 e. The first-order chi connectivity index (χ1) is 10.1. The van der Waals surface area contributed by atoms with Crippen LogP contribution in [0.3, 0.4) is 0 Å². The minimum atomic E-state index is -0.214. The van der Waals surface area contributed by atoms with Gasteiger partial charge in [-0.2, -0.15) is 0 Å². The van der Waals surface area contributed by atoms with Crippen molar-refractivity contribution in [3.8, 4) is 0 Å². The summed E-state index contributed by atoms with van der Waals surface area (Å²) in [5, 5.41) is 3.26. The van der Waals surface area contributed by atoms with Crippen LogP contribution < -0.4 is 16.6 Å². The quantitative estimate of drug-likeness (QED) is 0.562. The third-order valence-electron chi connectivity index (χ3n) is 3.24. The summed E-state index contributed by atoms with van der Waals surface area (Å²) in [6, 6.07) is 6.60. The molecule has 0 amide bonds. The molecule has 0 bridgehead atoms. The summed E-state index contributed by atoms with van der Waals surface area (Å²) in [4.78, 5) is 8.77. The Labute approximate surface area is 123 Å². The van der Waals surface area contributed by atoms with Gasteiger partial charge in [0, 0.05) is 18.5 Å². The van der Waals surface area contributed by atoms with Gasteiger partial charge in [-0.05, 0) is 31.0 Å². The number of aryl methyl sites for hydroxylation is 1. The van der Waals surface area contributed by atoms with Crippen molar-refractivity contribution >= 4 is 11.6 Å². The van der Waals surface area contributed by atoms with Crippen LogP contribution in [0.5, 0.6) is 0 Å². The van der Waals surface area contributed by atoms with E-state index in [2.05, 4.69) is 20.7 Å². The van der Waals surface area contributed by atoms with Crippen LogP contribution in [-0.2, 0) is 12.8 Å². The van der Waals surface area contributed by atoms with E-state index >= 15 is 0 Å². The van der Waals surface area contributed by atoms with Crippen LogP contribution in [0.25, 0.3) is 0 Å². The van der Waals surface area contributed by atoms with Crippen molar-refractivity contribution in [1.82, 2.24) is 9.97 Å². The van der Waals surface area contributed by atoms with E-state index in [1.807, 2.05) is 19.9 Å². The van der Waals surface area contributed by atoms with Crippen LogP contribution in [0.15, 0.2) is 24.3 Å². The van der Waals surface area contributed by atoms with Crippen LogP contribution >= 0.6 is 0 Å². The molecule has 4 N–H and O–H groups in total. The number of benzene rings is 1. The van der Waals surface area contributed by atoms with Gasteiger partial charge in [0.15, 0.2) is 0 Å². The normalized spacial score (nSPS) is 10.5. The van der Waals surface area contributed by atoms with Gasteiger partial charge in [-0.25, -0.2) is 20.2 Å². The van der Waals surface area contributed by atoms with Crippen molar-refractivity contribution < 1.29 is 4.39 Å². The molecule has 0 aliphatic carbocycles. The lowest BCUT2D eigenvalue weighted by Gasteiger charge is -2.13. The largest absolute Gasteiger partial charge is 0.369 e. The molecule has 0 radical (unpaired) electrons. The maximum atomic E-state index is 13.1. The molecule has 5 nitrogen and oxygen atoms in total. The second-order valence-corrected chi connectivity index (χ2v) is 4.77. The lowest BCUT2D eigenvalue weighted by molar-refractivity contribution is 0.625. The third kappa shape index (κ3) is 3.88. The van der Waals surface area contributed by atoms with Gasteiger partial charge >= 0.3 is 0 Å². The number of nitrogen functional groups attached to an aromatic ring is 1. The van der Waals surface area contributed by atoms with Crippen LogP contribution in [0.2, 0.25) is 0 Å². The number of halogens is 1. The first-order valence-electron chi connectivity index (χ1n) is 6.96. The fraction of sp³-hybridized carbons (Fsp3) is 0.333. The van der Waals surface area contributed by atoms with Crippen molar-refractivity contribution in [2.45, 2.75) is 26.7 Å². The fourth-order valence-corrected chi connectivity index (χ4v) is 2.05. The molecule has 0 aliphatic rings. The predicted octanol–water partition coefficient (Wildman–Crippen LogP) is 2.43. The Bertz CT molecular complexity index is 615. The van der Waals surface area contributed by atoms with Crippen molar-refractivity contribution in [1.29, 1.82) is 0 Å². The Hall–Kier alpha value is -2.21. The average molecular weight is 289 g/mol. The molecule has 0 atom stereocenters. The Morgan fingerprint density at radius 1 is 1.24 bits per heavy atom. The molecule has 1 aromatic carbocycles. The molecule has 1 aromatic heterocycles. The Morgan fingerprint density at radius 3 is 2.67 bits per heavy atom. The second-order valence-electron chi connectivity index (χ2n) is 4.77. The van der Waals surface area contributed by atoms with E-state index in [1.165, 1.54) is 6.07 Å². The topological polar surface area (TPSA) is 75.9 Å². The number of nitrogens with one attached hydrogen (secondary N) is 2. The monoisotopic (exact) mass is 289 g/mol. The van der Waals surface area contributed by atoms with Gasteiger partial charge in [0.25, 0.3) is 0 Å². The van der Waals surface area contributed by atoms with Crippen LogP contribution in [0.1, 0.15) is 23.9 Å². The predicted molar refractivity (Wildman–Crippen MR) is 82.6 cm³/mol. The van der Waals surface area contributed by atoms with Crippen molar-refractivity contribution in [2.75, 3.05) is 17.3 Å². The van der Waals surface area contributed by atoms with Crippen LogP contribution in [0.4, 0.5) is 16.0 Å². The minimum Gasteiger partial charge on any atom is -0.369 e. The highest BCUT2D eigenvalue weighted by molar-refractivity contribution is 5.56. The Balaban J connectivity index is 2.05. The lowest BCUT2D eigenvalue weighted by atomic mass is 10.1. The molecular formula is C15H20FN5. The molecule has 0 saturated heterocycles. The smallest absolute Gasteiger partial charge is 0.148 e. The Kier molecular flexibility index (Phi) is 5.05. The number of hydrazine groups is 1. The molecule has 21 heavy (non-hydrogen) atoms. The third-order valence-corrected chi connectivity index (χ3v) is 3.24. The van der Waals surface area contributed by atoms with E-state index in [1.54, 1.807) is 12.1 Å². The number of rotatable bonds is 6. The van der Waals surface area contributed by atoms with E-state index in [-0.39, 0.29) is 5.82 Å². The van der Waals surface area contributed by atoms with E-state index in [9.17, 15) is 4.39 Å². The van der Waals surface area contributed by atoms with Crippen LogP contribution in [0, 0.1) is 12.7 Å². The van der Waals surface area contributed by atoms with Gasteiger partial charge in [0.05, 0.1) is 0 Å². The van der Waals surface area contributed by atoms with Gasteiger partial charge in [-0.1, -0.05) is 19.1 Å². The zero-order chi connectivity index (χ0) is 15.2. The zero-order valence-corrected chi connectivity index (χ0v) is 12.3. The number of nitrogens with two attached hydrogens (primary N) is 1. The number of hydrogen-bond donors (Lipinski definition) is 3.